The summed E-state index contributed by atoms with van der Waals surface area (Å²) in [5.74, 6) is 0. The van der Waals surface area contributed by atoms with E-state index in [2.05, 4.69) is 10.4 Å². The SMILES string of the molecule is OB(O)c1cnn(CCNCC(F)(F)F)c1. The summed E-state index contributed by atoms with van der Waals surface area (Å²) in [5.41, 5.74) is 0.204. The van der Waals surface area contributed by atoms with Crippen LogP contribution in [0.1, 0.15) is 0 Å². The van der Waals surface area contributed by atoms with Crippen molar-refractivity contribution in [2.75, 3.05) is 13.1 Å². The number of aromatic nitrogens is 2. The molecule has 1 aromatic heterocycles. The molecule has 0 bridgehead atoms. The Morgan fingerprint density at radius 3 is 2.62 bits per heavy atom. The van der Waals surface area contributed by atoms with Crippen molar-refractivity contribution >= 4 is 12.6 Å². The van der Waals surface area contributed by atoms with Crippen molar-refractivity contribution in [3.63, 3.8) is 0 Å². The first kappa shape index (κ1) is 13.0. The second kappa shape index (κ2) is 5.33. The molecule has 0 spiro atoms. The molecule has 0 saturated heterocycles. The van der Waals surface area contributed by atoms with E-state index in [1.807, 2.05) is 0 Å². The highest BCUT2D eigenvalue weighted by Gasteiger charge is 2.25. The third-order valence-corrected chi connectivity index (χ3v) is 1.79. The Morgan fingerprint density at radius 1 is 1.44 bits per heavy atom. The maximum absolute atomic E-state index is 11.7. The Kier molecular flexibility index (Phi) is 4.33. The third-order valence-electron chi connectivity index (χ3n) is 1.79. The Hall–Kier alpha value is -1.06. The molecule has 1 aromatic rings. The van der Waals surface area contributed by atoms with Crippen LogP contribution in [-0.2, 0) is 6.54 Å². The van der Waals surface area contributed by atoms with Crippen LogP contribution in [-0.4, -0.2) is 46.2 Å². The van der Waals surface area contributed by atoms with E-state index in [4.69, 9.17) is 10.0 Å². The molecule has 0 aliphatic carbocycles. The predicted molar refractivity (Wildman–Crippen MR) is 51.0 cm³/mol. The van der Waals surface area contributed by atoms with Crippen molar-refractivity contribution in [3.05, 3.63) is 12.4 Å². The molecule has 0 atom stereocenters. The second-order valence-electron chi connectivity index (χ2n) is 3.20. The van der Waals surface area contributed by atoms with E-state index < -0.39 is 19.8 Å². The smallest absolute Gasteiger partial charge is 0.423 e. The molecule has 0 radical (unpaired) electrons. The zero-order valence-corrected chi connectivity index (χ0v) is 8.28. The van der Waals surface area contributed by atoms with Gasteiger partial charge in [0.1, 0.15) is 0 Å². The van der Waals surface area contributed by atoms with Crippen molar-refractivity contribution in [1.29, 1.82) is 0 Å². The van der Waals surface area contributed by atoms with E-state index >= 15 is 0 Å². The molecule has 0 unspecified atom stereocenters. The summed E-state index contributed by atoms with van der Waals surface area (Å²) < 4.78 is 36.6. The number of nitrogens with zero attached hydrogens (tertiary/aromatic N) is 2. The average Bonchev–Trinajstić information content (AvgIpc) is 2.59. The van der Waals surface area contributed by atoms with Crippen LogP contribution in [0.3, 0.4) is 0 Å². The summed E-state index contributed by atoms with van der Waals surface area (Å²) in [5, 5.41) is 23.5. The normalized spacial score (nSPS) is 11.8. The molecule has 0 amide bonds. The van der Waals surface area contributed by atoms with Gasteiger partial charge in [-0.2, -0.15) is 18.3 Å². The summed E-state index contributed by atoms with van der Waals surface area (Å²) in [6.07, 6.45) is -1.62. The minimum absolute atomic E-state index is 0.0994. The first-order valence-corrected chi connectivity index (χ1v) is 4.54. The minimum atomic E-state index is -4.23. The summed E-state index contributed by atoms with van der Waals surface area (Å²) in [6, 6.07) is 0. The maximum Gasteiger partial charge on any atom is 0.491 e. The molecule has 3 N–H and O–H groups in total. The highest BCUT2D eigenvalue weighted by atomic mass is 19.4. The first-order chi connectivity index (χ1) is 7.38. The van der Waals surface area contributed by atoms with Gasteiger partial charge in [-0.15, -0.1) is 0 Å². The fraction of sp³-hybridized carbons (Fsp3) is 0.571. The zero-order chi connectivity index (χ0) is 12.2. The van der Waals surface area contributed by atoms with Gasteiger partial charge in [0.25, 0.3) is 0 Å². The molecule has 16 heavy (non-hydrogen) atoms. The summed E-state index contributed by atoms with van der Waals surface area (Å²) in [4.78, 5) is 0. The van der Waals surface area contributed by atoms with E-state index in [0.717, 1.165) is 0 Å². The molecule has 1 heterocycles. The van der Waals surface area contributed by atoms with E-state index in [-0.39, 0.29) is 18.6 Å². The monoisotopic (exact) mass is 237 g/mol. The predicted octanol–water partition coefficient (Wildman–Crippen LogP) is -1.29. The van der Waals surface area contributed by atoms with Crippen LogP contribution < -0.4 is 10.8 Å². The van der Waals surface area contributed by atoms with Crippen LogP contribution in [0.25, 0.3) is 0 Å². The standard InChI is InChI=1S/C7H11BF3N3O2/c9-7(10,11)5-12-1-2-14-4-6(3-13-14)8(15)16/h3-4,12,15-16H,1-2,5H2. The molecule has 0 aliphatic heterocycles. The highest BCUT2D eigenvalue weighted by Crippen LogP contribution is 2.11. The van der Waals surface area contributed by atoms with Gasteiger partial charge in [-0.3, -0.25) is 4.68 Å². The van der Waals surface area contributed by atoms with E-state index in [9.17, 15) is 13.2 Å². The Labute approximate surface area is 90.0 Å². The van der Waals surface area contributed by atoms with E-state index in [1.54, 1.807) is 0 Å². The van der Waals surface area contributed by atoms with Gasteiger partial charge in [0.15, 0.2) is 0 Å². The van der Waals surface area contributed by atoms with Crippen LogP contribution in [0, 0.1) is 0 Å². The third kappa shape index (κ3) is 4.64. The van der Waals surface area contributed by atoms with Crippen LogP contribution in [0.15, 0.2) is 12.4 Å². The lowest BCUT2D eigenvalue weighted by Crippen LogP contribution is -2.31. The summed E-state index contributed by atoms with van der Waals surface area (Å²) >= 11 is 0. The lowest BCUT2D eigenvalue weighted by atomic mass is 9.83. The molecule has 0 aromatic carbocycles. The Balaban J connectivity index is 2.27. The number of halogens is 3. The van der Waals surface area contributed by atoms with Gasteiger partial charge in [0, 0.05) is 24.4 Å². The fourth-order valence-corrected chi connectivity index (χ4v) is 1.06. The van der Waals surface area contributed by atoms with Crippen LogP contribution in [0.5, 0.6) is 0 Å². The number of hydrogen-bond acceptors (Lipinski definition) is 4. The quantitative estimate of drug-likeness (QED) is 0.440. The number of alkyl halides is 3. The molecular weight excluding hydrogens is 226 g/mol. The molecule has 0 fully saturated rings. The first-order valence-electron chi connectivity index (χ1n) is 4.54. The van der Waals surface area contributed by atoms with Crippen LogP contribution >= 0.6 is 0 Å². The maximum atomic E-state index is 11.7. The molecule has 0 aliphatic rings. The van der Waals surface area contributed by atoms with Gasteiger partial charge in [0.05, 0.1) is 13.1 Å². The summed E-state index contributed by atoms with van der Waals surface area (Å²) in [7, 11) is -1.61. The van der Waals surface area contributed by atoms with Crippen molar-refractivity contribution in [3.8, 4) is 0 Å². The van der Waals surface area contributed by atoms with E-state index in [0.29, 0.717) is 0 Å². The molecule has 90 valence electrons. The largest absolute Gasteiger partial charge is 0.491 e. The van der Waals surface area contributed by atoms with Crippen molar-refractivity contribution in [1.82, 2.24) is 15.1 Å². The van der Waals surface area contributed by atoms with Gasteiger partial charge in [-0.05, 0) is 0 Å². The Bertz CT molecular complexity index is 329. The van der Waals surface area contributed by atoms with E-state index in [1.165, 1.54) is 17.1 Å². The van der Waals surface area contributed by atoms with Gasteiger partial charge < -0.3 is 15.4 Å². The lowest BCUT2D eigenvalue weighted by molar-refractivity contribution is -0.124. The number of rotatable bonds is 5. The van der Waals surface area contributed by atoms with Crippen molar-refractivity contribution in [2.45, 2.75) is 12.7 Å². The second-order valence-corrected chi connectivity index (χ2v) is 3.20. The van der Waals surface area contributed by atoms with Crippen LogP contribution in [0.2, 0.25) is 0 Å². The van der Waals surface area contributed by atoms with Gasteiger partial charge in [-0.25, -0.2) is 0 Å². The van der Waals surface area contributed by atoms with Gasteiger partial charge >= 0.3 is 13.3 Å². The number of hydrogen-bond donors (Lipinski definition) is 3. The van der Waals surface area contributed by atoms with Gasteiger partial charge in [0.2, 0.25) is 0 Å². The zero-order valence-electron chi connectivity index (χ0n) is 8.28. The summed E-state index contributed by atoms with van der Waals surface area (Å²) in [6.45, 7) is -0.727. The molecular formula is C7H11BF3N3O2. The molecule has 5 nitrogen and oxygen atoms in total. The fourth-order valence-electron chi connectivity index (χ4n) is 1.06. The van der Waals surface area contributed by atoms with Gasteiger partial charge in [-0.1, -0.05) is 0 Å². The highest BCUT2D eigenvalue weighted by molar-refractivity contribution is 6.58. The molecule has 0 saturated carbocycles. The van der Waals surface area contributed by atoms with Crippen molar-refractivity contribution < 1.29 is 23.2 Å². The minimum Gasteiger partial charge on any atom is -0.423 e. The average molecular weight is 237 g/mol. The molecule has 1 rings (SSSR count). The topological polar surface area (TPSA) is 70.3 Å². The van der Waals surface area contributed by atoms with Crippen LogP contribution in [0.4, 0.5) is 13.2 Å². The number of nitrogens with one attached hydrogen (secondary N) is 1. The van der Waals surface area contributed by atoms with Crippen molar-refractivity contribution in [2.24, 2.45) is 0 Å². The molecule has 9 heteroatoms. The lowest BCUT2D eigenvalue weighted by Gasteiger charge is -2.07. The Morgan fingerprint density at radius 2 is 2.12 bits per heavy atom.